The zero-order chi connectivity index (χ0) is 13.1. The SMILES string of the molecule is CCC(=O)c1ccccc1N1CCC(C)C(O)C1. The van der Waals surface area contributed by atoms with Crippen LogP contribution in [0.15, 0.2) is 24.3 Å². The van der Waals surface area contributed by atoms with E-state index in [1.807, 2.05) is 31.2 Å². The summed E-state index contributed by atoms with van der Waals surface area (Å²) in [6.07, 6.45) is 1.18. The molecular formula is C15H21NO2. The first kappa shape index (κ1) is 13.1. The van der Waals surface area contributed by atoms with Crippen LogP contribution in [0, 0.1) is 5.92 Å². The van der Waals surface area contributed by atoms with E-state index in [1.165, 1.54) is 0 Å². The molecule has 1 aromatic rings. The number of hydrogen-bond donors (Lipinski definition) is 1. The first-order valence-electron chi connectivity index (χ1n) is 6.68. The molecule has 2 atom stereocenters. The highest BCUT2D eigenvalue weighted by molar-refractivity contribution is 6.01. The van der Waals surface area contributed by atoms with Crippen molar-refractivity contribution in [3.05, 3.63) is 29.8 Å². The van der Waals surface area contributed by atoms with E-state index in [-0.39, 0.29) is 11.9 Å². The Morgan fingerprint density at radius 2 is 2.17 bits per heavy atom. The van der Waals surface area contributed by atoms with Crippen molar-refractivity contribution >= 4 is 11.5 Å². The van der Waals surface area contributed by atoms with E-state index in [2.05, 4.69) is 11.8 Å². The maximum absolute atomic E-state index is 11.9. The molecule has 2 unspecified atom stereocenters. The Balaban J connectivity index is 2.25. The van der Waals surface area contributed by atoms with Crippen molar-refractivity contribution in [3.63, 3.8) is 0 Å². The molecule has 1 N–H and O–H groups in total. The molecule has 98 valence electrons. The molecular weight excluding hydrogens is 226 g/mol. The van der Waals surface area contributed by atoms with Gasteiger partial charge in [0.05, 0.1) is 6.10 Å². The van der Waals surface area contributed by atoms with Crippen LogP contribution in [0.2, 0.25) is 0 Å². The van der Waals surface area contributed by atoms with Crippen LogP contribution in [0.5, 0.6) is 0 Å². The Morgan fingerprint density at radius 1 is 1.44 bits per heavy atom. The number of carbonyl (C=O) groups excluding carboxylic acids is 1. The van der Waals surface area contributed by atoms with Crippen LogP contribution in [0.25, 0.3) is 0 Å². The Hall–Kier alpha value is -1.35. The molecule has 0 saturated carbocycles. The summed E-state index contributed by atoms with van der Waals surface area (Å²) in [7, 11) is 0. The van der Waals surface area contributed by atoms with E-state index in [0.29, 0.717) is 18.9 Å². The summed E-state index contributed by atoms with van der Waals surface area (Å²) >= 11 is 0. The van der Waals surface area contributed by atoms with Crippen LogP contribution in [-0.4, -0.2) is 30.1 Å². The Morgan fingerprint density at radius 3 is 2.83 bits per heavy atom. The molecule has 0 aliphatic carbocycles. The molecule has 3 nitrogen and oxygen atoms in total. The summed E-state index contributed by atoms with van der Waals surface area (Å²) in [5.74, 6) is 0.508. The lowest BCUT2D eigenvalue weighted by atomic mass is 9.94. The number of hydrogen-bond acceptors (Lipinski definition) is 3. The third kappa shape index (κ3) is 2.56. The van der Waals surface area contributed by atoms with Crippen LogP contribution in [0.4, 0.5) is 5.69 Å². The lowest BCUT2D eigenvalue weighted by Gasteiger charge is -2.36. The van der Waals surface area contributed by atoms with Crippen LogP contribution >= 0.6 is 0 Å². The largest absolute Gasteiger partial charge is 0.391 e. The quantitative estimate of drug-likeness (QED) is 0.834. The van der Waals surface area contributed by atoms with Gasteiger partial charge in [0.25, 0.3) is 0 Å². The van der Waals surface area contributed by atoms with E-state index in [0.717, 1.165) is 24.2 Å². The fourth-order valence-electron chi connectivity index (χ4n) is 2.44. The number of Topliss-reactive ketones (excluding diaryl/α,β-unsaturated/α-hetero) is 1. The second-order valence-corrected chi connectivity index (χ2v) is 5.07. The molecule has 0 radical (unpaired) electrons. The molecule has 1 aliphatic heterocycles. The topological polar surface area (TPSA) is 40.5 Å². The van der Waals surface area contributed by atoms with Gasteiger partial charge in [-0.2, -0.15) is 0 Å². The first-order valence-corrected chi connectivity index (χ1v) is 6.68. The van der Waals surface area contributed by atoms with Gasteiger partial charge in [-0.1, -0.05) is 26.0 Å². The lowest BCUT2D eigenvalue weighted by Crippen LogP contribution is -2.43. The molecule has 18 heavy (non-hydrogen) atoms. The Kier molecular flexibility index (Phi) is 4.02. The minimum atomic E-state index is -0.302. The van der Waals surface area contributed by atoms with Crippen molar-refractivity contribution in [2.24, 2.45) is 5.92 Å². The van der Waals surface area contributed by atoms with Gasteiger partial charge in [0.2, 0.25) is 0 Å². The van der Waals surface area contributed by atoms with Gasteiger partial charge in [-0.3, -0.25) is 4.79 Å². The van der Waals surface area contributed by atoms with Gasteiger partial charge >= 0.3 is 0 Å². The highest BCUT2D eigenvalue weighted by Gasteiger charge is 2.26. The number of piperidine rings is 1. The van der Waals surface area contributed by atoms with Crippen molar-refractivity contribution in [2.45, 2.75) is 32.8 Å². The molecule has 2 rings (SSSR count). The van der Waals surface area contributed by atoms with Gasteiger partial charge in [0.15, 0.2) is 5.78 Å². The van der Waals surface area contributed by atoms with Gasteiger partial charge in [-0.25, -0.2) is 0 Å². The van der Waals surface area contributed by atoms with Crippen LogP contribution in [-0.2, 0) is 0 Å². The normalized spacial score (nSPS) is 24.1. The molecule has 0 bridgehead atoms. The van der Waals surface area contributed by atoms with Crippen molar-refractivity contribution < 1.29 is 9.90 Å². The number of benzene rings is 1. The number of anilines is 1. The number of nitrogens with zero attached hydrogens (tertiary/aromatic N) is 1. The zero-order valence-electron chi connectivity index (χ0n) is 11.1. The van der Waals surface area contributed by atoms with E-state index < -0.39 is 0 Å². The average Bonchev–Trinajstić information content (AvgIpc) is 2.41. The highest BCUT2D eigenvalue weighted by atomic mass is 16.3. The van der Waals surface area contributed by atoms with Crippen LogP contribution < -0.4 is 4.90 Å². The minimum absolute atomic E-state index is 0.165. The molecule has 1 aliphatic rings. The molecule has 1 heterocycles. The van der Waals surface area contributed by atoms with Gasteiger partial charge in [0.1, 0.15) is 0 Å². The molecule has 1 fully saturated rings. The summed E-state index contributed by atoms with van der Waals surface area (Å²) in [5.41, 5.74) is 1.75. The monoisotopic (exact) mass is 247 g/mol. The third-order valence-corrected chi connectivity index (χ3v) is 3.78. The van der Waals surface area contributed by atoms with Crippen molar-refractivity contribution in [3.8, 4) is 0 Å². The van der Waals surface area contributed by atoms with Crippen molar-refractivity contribution in [1.29, 1.82) is 0 Å². The summed E-state index contributed by atoms with van der Waals surface area (Å²) in [4.78, 5) is 14.1. The summed E-state index contributed by atoms with van der Waals surface area (Å²) < 4.78 is 0. The Bertz CT molecular complexity index is 430. The number of aliphatic hydroxyl groups is 1. The number of para-hydroxylation sites is 1. The van der Waals surface area contributed by atoms with Gasteiger partial charge in [-0.05, 0) is 24.5 Å². The number of carbonyl (C=O) groups is 1. The van der Waals surface area contributed by atoms with E-state index in [4.69, 9.17) is 0 Å². The van der Waals surface area contributed by atoms with Crippen LogP contribution in [0.1, 0.15) is 37.0 Å². The molecule has 1 aromatic carbocycles. The summed E-state index contributed by atoms with van der Waals surface area (Å²) in [5, 5.41) is 9.97. The minimum Gasteiger partial charge on any atom is -0.391 e. The second kappa shape index (κ2) is 5.53. The third-order valence-electron chi connectivity index (χ3n) is 3.78. The van der Waals surface area contributed by atoms with E-state index in [1.54, 1.807) is 0 Å². The first-order chi connectivity index (χ1) is 8.63. The maximum Gasteiger partial charge on any atom is 0.164 e. The molecule has 0 amide bonds. The van der Waals surface area contributed by atoms with Crippen LogP contribution in [0.3, 0.4) is 0 Å². The highest BCUT2D eigenvalue weighted by Crippen LogP contribution is 2.27. The fraction of sp³-hybridized carbons (Fsp3) is 0.533. The summed E-state index contributed by atoms with van der Waals surface area (Å²) in [6.45, 7) is 5.48. The smallest absolute Gasteiger partial charge is 0.164 e. The predicted octanol–water partition coefficient (Wildman–Crippen LogP) is 2.49. The summed E-state index contributed by atoms with van der Waals surface area (Å²) in [6, 6.07) is 7.71. The average molecular weight is 247 g/mol. The van der Waals surface area contributed by atoms with E-state index in [9.17, 15) is 9.90 Å². The standard InChI is InChI=1S/C15H21NO2/c1-3-14(17)12-6-4-5-7-13(12)16-9-8-11(2)15(18)10-16/h4-7,11,15,18H,3,8-10H2,1-2H3. The zero-order valence-corrected chi connectivity index (χ0v) is 11.1. The number of β-amino-alcohol motifs (C(OH)–C–C–N with tert-alkyl or cyclic N) is 1. The molecule has 0 spiro atoms. The van der Waals surface area contributed by atoms with Crippen molar-refractivity contribution in [1.82, 2.24) is 0 Å². The maximum atomic E-state index is 11.9. The van der Waals surface area contributed by atoms with Gasteiger partial charge in [0, 0.05) is 30.8 Å². The Labute approximate surface area is 108 Å². The molecule has 3 heteroatoms. The molecule has 0 aromatic heterocycles. The predicted molar refractivity (Wildman–Crippen MR) is 73.1 cm³/mol. The number of ketones is 1. The van der Waals surface area contributed by atoms with Crippen molar-refractivity contribution in [2.75, 3.05) is 18.0 Å². The second-order valence-electron chi connectivity index (χ2n) is 5.07. The van der Waals surface area contributed by atoms with E-state index >= 15 is 0 Å². The number of rotatable bonds is 3. The molecule has 1 saturated heterocycles. The lowest BCUT2D eigenvalue weighted by molar-refractivity contribution is 0.0978. The number of aliphatic hydroxyl groups excluding tert-OH is 1. The van der Waals surface area contributed by atoms with Gasteiger partial charge < -0.3 is 10.0 Å². The van der Waals surface area contributed by atoms with Gasteiger partial charge in [-0.15, -0.1) is 0 Å². The fourth-order valence-corrected chi connectivity index (χ4v) is 2.44.